The molecule has 12 atom stereocenters. The molecule has 4 rings (SSSR count). The second kappa shape index (κ2) is 26.7. The maximum absolute atomic E-state index is 13.7. The Hall–Kier alpha value is -5.50. The van der Waals surface area contributed by atoms with Crippen LogP contribution in [0.15, 0.2) is 48.1 Å². The summed E-state index contributed by atoms with van der Waals surface area (Å²) < 4.78 is 66.3. The molecule has 19 nitrogen and oxygen atoms in total. The number of carbonyl (C=O) groups excluding carboxylic acids is 8. The quantitative estimate of drug-likeness (QED) is 0.159. The van der Waals surface area contributed by atoms with Crippen LogP contribution >= 0.6 is 0 Å². The van der Waals surface area contributed by atoms with Crippen LogP contribution in [0.1, 0.15) is 119 Å². The largest absolute Gasteiger partial charge is 0.463 e. The summed E-state index contributed by atoms with van der Waals surface area (Å²) in [5.41, 5.74) is 0.743. The molecule has 2 bridgehead atoms. The van der Waals surface area contributed by atoms with Crippen LogP contribution in [0.4, 0.5) is 0 Å². The van der Waals surface area contributed by atoms with Gasteiger partial charge in [0.25, 0.3) is 0 Å². The molecule has 0 amide bonds. The number of cyclic esters (lactones) is 1. The predicted molar refractivity (Wildman–Crippen MR) is 233 cm³/mol. The minimum atomic E-state index is -1.84. The van der Waals surface area contributed by atoms with Gasteiger partial charge in [0.1, 0.15) is 12.7 Å². The Morgan fingerprint density at radius 1 is 0.672 bits per heavy atom. The van der Waals surface area contributed by atoms with Crippen molar-refractivity contribution in [1.29, 1.82) is 0 Å². The zero-order valence-corrected chi connectivity index (χ0v) is 39.4. The van der Waals surface area contributed by atoms with Crippen LogP contribution in [0.2, 0.25) is 0 Å². The monoisotopic (exact) mass is 944 g/mol. The number of ketones is 1. The standard InChI is InChI=1S/C48H64O19/c1-9-17-34-20-15-12-16-21-36(59-29(5)49)35(53)23-25-38(54)57-26-37-41(65-39(55)24-22-33-18-13-11-14-19-33)43(66-46(56)27(3)10-2)44(62-32(8)52)48(64-37)67-45-42(61-31(7)51)40(60-30(6)50)28(4)58-47(45)63-34/h10-11,13-14,18-19,22,24,28,34,36-37,40-45,47-48H,9,12,15-17,20-21,23,25-26H2,1-8H3/b24-22+,27-10-/t28-,34-,36?,37-,40-,41+,42+,43+,44+,45-,47+,48-/m0/s1. The van der Waals surface area contributed by atoms with E-state index in [0.29, 0.717) is 44.1 Å². The topological polar surface area (TPSA) is 238 Å². The SMILES string of the molecule is C/C=C(/C)C(=O)O[C@H]1[C@@H](OC(C)=O)[C@@H]2O[C@@H]3[C@@H](O[C@@H](CCC)CCCCCC(OC(C)=O)C(=O)CCC(=O)OC[C@H](O2)[C@H]1OC(=O)/C=C/c1ccccc1)O[C@@H](C)[C@H](OC(C)=O)[C@H]3OC(C)=O. The van der Waals surface area contributed by atoms with Crippen molar-refractivity contribution in [3.05, 3.63) is 53.6 Å². The van der Waals surface area contributed by atoms with E-state index in [9.17, 15) is 38.4 Å². The zero-order chi connectivity index (χ0) is 49.2. The minimum absolute atomic E-state index is 0.108. The molecule has 1 aromatic rings. The van der Waals surface area contributed by atoms with Crippen molar-refractivity contribution in [2.24, 2.45) is 0 Å². The van der Waals surface area contributed by atoms with Crippen molar-refractivity contribution >= 4 is 53.6 Å². The van der Waals surface area contributed by atoms with Gasteiger partial charge in [0.2, 0.25) is 0 Å². The van der Waals surface area contributed by atoms with E-state index in [1.807, 2.05) is 6.92 Å². The van der Waals surface area contributed by atoms with E-state index in [1.165, 1.54) is 26.0 Å². The Morgan fingerprint density at radius 3 is 1.96 bits per heavy atom. The van der Waals surface area contributed by atoms with Crippen molar-refractivity contribution in [3.8, 4) is 0 Å². The van der Waals surface area contributed by atoms with E-state index in [0.717, 1.165) is 26.8 Å². The maximum atomic E-state index is 13.7. The van der Waals surface area contributed by atoms with Gasteiger partial charge in [-0.1, -0.05) is 62.6 Å². The average molecular weight is 945 g/mol. The summed E-state index contributed by atoms with van der Waals surface area (Å²) in [7, 11) is 0. The molecule has 0 N–H and O–H groups in total. The summed E-state index contributed by atoms with van der Waals surface area (Å²) in [6, 6.07) is 8.76. The van der Waals surface area contributed by atoms with E-state index < -0.39 is 134 Å². The molecule has 0 aromatic heterocycles. The van der Waals surface area contributed by atoms with Gasteiger partial charge in [0.15, 0.2) is 61.1 Å². The third-order valence-electron chi connectivity index (χ3n) is 11.1. The first kappa shape index (κ1) is 54.1. The Kier molecular flexibility index (Phi) is 21.6. The number of benzene rings is 1. The van der Waals surface area contributed by atoms with Gasteiger partial charge in [-0.15, -0.1) is 0 Å². The second-order valence-corrected chi connectivity index (χ2v) is 16.5. The molecular formula is C48H64O19. The highest BCUT2D eigenvalue weighted by atomic mass is 16.8. The van der Waals surface area contributed by atoms with Crippen molar-refractivity contribution in [3.63, 3.8) is 0 Å². The van der Waals surface area contributed by atoms with Crippen LogP contribution in [0.3, 0.4) is 0 Å². The van der Waals surface area contributed by atoms with Gasteiger partial charge in [-0.05, 0) is 58.1 Å². The zero-order valence-electron chi connectivity index (χ0n) is 39.4. The highest BCUT2D eigenvalue weighted by molar-refractivity contribution is 5.89. The normalized spacial score (nSPS) is 30.4. The van der Waals surface area contributed by atoms with E-state index in [2.05, 4.69) is 0 Å². The van der Waals surface area contributed by atoms with Gasteiger partial charge in [0, 0.05) is 45.8 Å². The summed E-state index contributed by atoms with van der Waals surface area (Å²) in [6.45, 7) is 10.4. The van der Waals surface area contributed by atoms with Crippen molar-refractivity contribution < 1.29 is 90.5 Å². The molecular weight excluding hydrogens is 881 g/mol. The molecule has 370 valence electrons. The number of allylic oxidation sites excluding steroid dienone is 1. The van der Waals surface area contributed by atoms with Crippen molar-refractivity contribution in [2.75, 3.05) is 6.61 Å². The molecule has 3 aliphatic rings. The Balaban J connectivity index is 1.90. The van der Waals surface area contributed by atoms with Crippen LogP contribution in [0.25, 0.3) is 6.08 Å². The van der Waals surface area contributed by atoms with Gasteiger partial charge >= 0.3 is 41.8 Å². The fourth-order valence-electron chi connectivity index (χ4n) is 7.80. The lowest BCUT2D eigenvalue weighted by molar-refractivity contribution is -0.370. The second-order valence-electron chi connectivity index (χ2n) is 16.5. The van der Waals surface area contributed by atoms with Crippen LogP contribution in [0.5, 0.6) is 0 Å². The molecule has 19 heteroatoms. The molecule has 1 unspecified atom stereocenters. The van der Waals surface area contributed by atoms with Crippen molar-refractivity contribution in [2.45, 2.75) is 187 Å². The Bertz CT molecular complexity index is 1930. The third-order valence-corrected chi connectivity index (χ3v) is 11.1. The van der Waals surface area contributed by atoms with Gasteiger partial charge in [0.05, 0.1) is 18.6 Å². The number of ether oxygens (including phenoxy) is 11. The molecule has 67 heavy (non-hydrogen) atoms. The number of Topliss-reactive ketones (excluding diaryl/α,β-unsaturated/α-hetero) is 1. The predicted octanol–water partition coefficient (Wildman–Crippen LogP) is 5.11. The number of esters is 7. The Morgan fingerprint density at radius 2 is 1.31 bits per heavy atom. The van der Waals surface area contributed by atoms with Crippen LogP contribution in [0, 0.1) is 0 Å². The van der Waals surface area contributed by atoms with Crippen LogP contribution in [-0.2, 0) is 90.5 Å². The van der Waals surface area contributed by atoms with E-state index in [-0.39, 0.29) is 18.4 Å². The first-order valence-corrected chi connectivity index (χ1v) is 22.7. The lowest BCUT2D eigenvalue weighted by atomic mass is 9.96. The van der Waals surface area contributed by atoms with Gasteiger partial charge < -0.3 is 52.1 Å². The van der Waals surface area contributed by atoms with Gasteiger partial charge in [-0.3, -0.25) is 28.8 Å². The number of carbonyl (C=O) groups is 8. The highest BCUT2D eigenvalue weighted by Crippen LogP contribution is 2.37. The Labute approximate surface area is 390 Å². The molecule has 3 aliphatic heterocycles. The van der Waals surface area contributed by atoms with Gasteiger partial charge in [-0.25, -0.2) is 9.59 Å². The van der Waals surface area contributed by atoms with Crippen molar-refractivity contribution in [1.82, 2.24) is 0 Å². The first-order valence-electron chi connectivity index (χ1n) is 22.7. The smallest absolute Gasteiger partial charge is 0.333 e. The molecule has 3 saturated heterocycles. The lowest BCUT2D eigenvalue weighted by Gasteiger charge is -2.48. The molecule has 0 saturated carbocycles. The summed E-state index contributed by atoms with van der Waals surface area (Å²) in [6.07, 6.45) is -10.0. The molecule has 0 aliphatic carbocycles. The fourth-order valence-corrected chi connectivity index (χ4v) is 7.80. The van der Waals surface area contributed by atoms with Crippen LogP contribution in [-0.4, -0.2) is 128 Å². The number of hydrogen-bond acceptors (Lipinski definition) is 19. The molecule has 0 spiro atoms. The highest BCUT2D eigenvalue weighted by Gasteiger charge is 2.57. The van der Waals surface area contributed by atoms with E-state index in [4.69, 9.17) is 52.1 Å². The summed E-state index contributed by atoms with van der Waals surface area (Å²) in [5.74, 6) is -6.39. The minimum Gasteiger partial charge on any atom is -0.463 e. The summed E-state index contributed by atoms with van der Waals surface area (Å²) in [5, 5.41) is 0. The molecule has 3 heterocycles. The molecule has 1 aromatic carbocycles. The summed E-state index contributed by atoms with van der Waals surface area (Å²) >= 11 is 0. The third kappa shape index (κ3) is 17.0. The number of hydrogen-bond donors (Lipinski definition) is 0. The first-order chi connectivity index (χ1) is 31.9. The number of fused-ring (bicyclic) bond motifs is 3. The van der Waals surface area contributed by atoms with Gasteiger partial charge in [-0.2, -0.15) is 0 Å². The van der Waals surface area contributed by atoms with E-state index in [1.54, 1.807) is 44.2 Å². The fraction of sp³-hybridized carbons (Fsp3) is 0.625. The molecule has 3 fully saturated rings. The lowest BCUT2D eigenvalue weighted by Crippen LogP contribution is -2.67. The molecule has 0 radical (unpaired) electrons. The summed E-state index contributed by atoms with van der Waals surface area (Å²) in [4.78, 5) is 104. The maximum Gasteiger partial charge on any atom is 0.333 e. The van der Waals surface area contributed by atoms with E-state index >= 15 is 0 Å². The number of rotatable bonds is 11. The van der Waals surface area contributed by atoms with Crippen LogP contribution < -0.4 is 0 Å². The average Bonchev–Trinajstić information content (AvgIpc) is 3.27.